The number of rotatable bonds is 7. The Bertz CT molecular complexity index is 1540. The van der Waals surface area contributed by atoms with Crippen LogP contribution in [0, 0.1) is 11.3 Å². The molecule has 3 aromatic heterocycles. The molecule has 2 aliphatic heterocycles. The number of nitriles is 1. The van der Waals surface area contributed by atoms with E-state index in [0.717, 1.165) is 35.9 Å². The summed E-state index contributed by atoms with van der Waals surface area (Å²) in [5.41, 5.74) is 4.87. The van der Waals surface area contributed by atoms with E-state index >= 15 is 0 Å². The monoisotopic (exact) mass is 570 g/mol. The Morgan fingerprint density at radius 2 is 2.02 bits per heavy atom. The number of likely N-dealkylation sites (tertiary alicyclic amines) is 1. The number of amides is 1. The first-order chi connectivity index (χ1) is 20.4. The number of aryl methyl sites for hydroxylation is 1. The summed E-state index contributed by atoms with van der Waals surface area (Å²) in [6, 6.07) is 5.97. The molecule has 0 N–H and O–H groups in total. The minimum absolute atomic E-state index is 0.0718. The van der Waals surface area contributed by atoms with Crippen LogP contribution in [-0.4, -0.2) is 93.7 Å². The fourth-order valence-corrected chi connectivity index (χ4v) is 6.42. The molecule has 3 aliphatic rings. The van der Waals surface area contributed by atoms with Gasteiger partial charge in [0, 0.05) is 50.2 Å². The van der Waals surface area contributed by atoms with E-state index < -0.39 is 6.17 Å². The van der Waals surface area contributed by atoms with Crippen molar-refractivity contribution in [2.45, 2.75) is 56.8 Å². The summed E-state index contributed by atoms with van der Waals surface area (Å²) >= 11 is 0. The van der Waals surface area contributed by atoms with Gasteiger partial charge >= 0.3 is 6.01 Å². The third kappa shape index (κ3) is 5.51. The zero-order chi connectivity index (χ0) is 29.2. The number of nitrogens with zero attached hydrogens (tertiary/aromatic N) is 8. The molecule has 5 heterocycles. The second kappa shape index (κ2) is 12.0. The van der Waals surface area contributed by atoms with Gasteiger partial charge in [0.05, 0.1) is 29.6 Å². The number of hydrogen-bond donors (Lipinski definition) is 0. The van der Waals surface area contributed by atoms with Crippen LogP contribution >= 0.6 is 0 Å². The normalized spacial score (nSPS) is 22.5. The van der Waals surface area contributed by atoms with Gasteiger partial charge in [0.1, 0.15) is 18.6 Å². The van der Waals surface area contributed by atoms with Gasteiger partial charge < -0.3 is 14.5 Å². The second-order valence-corrected chi connectivity index (χ2v) is 11.4. The maximum absolute atomic E-state index is 14.0. The average molecular weight is 571 g/mol. The van der Waals surface area contributed by atoms with Crippen LogP contribution in [-0.2, 0) is 17.6 Å². The molecule has 3 aromatic rings. The standard InChI is InChI=1S/C31H35FN8O2/c1-3-28(41)40-13-12-39(18-22(40)10-11-33)30-25-8-9-27(26-16-34-15-20-6-4-5-7-24(20)26)35-29(25)36-31(37-30)42-19-23-14-21(32)17-38(23)2/h3,8-9,15-16,21-23H,1,4-7,10,12-14,17-19H2,2H3/t21-,22+,23+/m1/s1. The van der Waals surface area contributed by atoms with Crippen LogP contribution < -0.4 is 9.64 Å². The molecule has 1 amide bonds. The summed E-state index contributed by atoms with van der Waals surface area (Å²) < 4.78 is 20.1. The lowest BCUT2D eigenvalue weighted by atomic mass is 9.89. The van der Waals surface area contributed by atoms with Gasteiger partial charge in [0.15, 0.2) is 5.65 Å². The van der Waals surface area contributed by atoms with Crippen molar-refractivity contribution in [3.8, 4) is 23.3 Å². The Balaban J connectivity index is 1.38. The summed E-state index contributed by atoms with van der Waals surface area (Å²) in [5, 5.41) is 10.2. The van der Waals surface area contributed by atoms with Crippen molar-refractivity contribution in [1.82, 2.24) is 29.7 Å². The number of aromatic nitrogens is 4. The number of alkyl halides is 1. The molecule has 0 radical (unpaired) electrons. The number of hydrogen-bond acceptors (Lipinski definition) is 9. The van der Waals surface area contributed by atoms with Crippen molar-refractivity contribution < 1.29 is 13.9 Å². The second-order valence-electron chi connectivity index (χ2n) is 11.4. The number of ether oxygens (including phenoxy) is 1. The molecule has 42 heavy (non-hydrogen) atoms. The molecule has 1 aliphatic carbocycles. The van der Waals surface area contributed by atoms with Gasteiger partial charge in [-0.2, -0.15) is 15.2 Å². The Labute approximate surface area is 244 Å². The lowest BCUT2D eigenvalue weighted by molar-refractivity contribution is -0.128. The van der Waals surface area contributed by atoms with Gasteiger partial charge in [0.25, 0.3) is 0 Å². The molecule has 2 fully saturated rings. The lowest BCUT2D eigenvalue weighted by Gasteiger charge is -2.41. The SMILES string of the molecule is C=CC(=O)N1CCN(c2nc(OC[C@@H]3C[C@@H](F)CN3C)nc3nc(-c4cncc5c4CCCC5)ccc23)C[C@@H]1CC#N. The smallest absolute Gasteiger partial charge is 0.320 e. The van der Waals surface area contributed by atoms with E-state index in [1.165, 1.54) is 23.6 Å². The highest BCUT2D eigenvalue weighted by Gasteiger charge is 2.32. The Morgan fingerprint density at radius 3 is 2.81 bits per heavy atom. The molecule has 0 unspecified atom stereocenters. The Morgan fingerprint density at radius 1 is 1.17 bits per heavy atom. The molecule has 0 saturated carbocycles. The average Bonchev–Trinajstić information content (AvgIpc) is 3.34. The predicted molar refractivity (Wildman–Crippen MR) is 157 cm³/mol. The molecule has 10 nitrogen and oxygen atoms in total. The molecule has 3 atom stereocenters. The summed E-state index contributed by atoms with van der Waals surface area (Å²) in [4.78, 5) is 37.2. The van der Waals surface area contributed by atoms with E-state index in [9.17, 15) is 14.4 Å². The number of anilines is 1. The van der Waals surface area contributed by atoms with Crippen LogP contribution in [0.3, 0.4) is 0 Å². The topological polar surface area (TPSA) is 111 Å². The summed E-state index contributed by atoms with van der Waals surface area (Å²) in [5.74, 6) is 0.448. The van der Waals surface area contributed by atoms with E-state index in [4.69, 9.17) is 19.7 Å². The quantitative estimate of drug-likeness (QED) is 0.394. The largest absolute Gasteiger partial charge is 0.462 e. The molecule has 0 aromatic carbocycles. The van der Waals surface area contributed by atoms with Crippen LogP contribution in [0.4, 0.5) is 10.2 Å². The number of halogens is 1. The summed E-state index contributed by atoms with van der Waals surface area (Å²) in [7, 11) is 1.89. The maximum Gasteiger partial charge on any atom is 0.320 e. The van der Waals surface area contributed by atoms with Crippen molar-refractivity contribution in [3.63, 3.8) is 0 Å². The van der Waals surface area contributed by atoms with E-state index in [-0.39, 0.29) is 37.0 Å². The molecule has 218 valence electrons. The van der Waals surface area contributed by atoms with Crippen LogP contribution in [0.2, 0.25) is 0 Å². The highest BCUT2D eigenvalue weighted by atomic mass is 19.1. The van der Waals surface area contributed by atoms with Gasteiger partial charge in [-0.1, -0.05) is 6.58 Å². The van der Waals surface area contributed by atoms with Crippen molar-refractivity contribution in [3.05, 3.63) is 48.3 Å². The maximum atomic E-state index is 14.0. The van der Waals surface area contributed by atoms with Crippen LogP contribution in [0.15, 0.2) is 37.2 Å². The third-order valence-electron chi connectivity index (χ3n) is 8.67. The van der Waals surface area contributed by atoms with E-state index in [0.29, 0.717) is 44.1 Å². The van der Waals surface area contributed by atoms with Crippen LogP contribution in [0.1, 0.15) is 36.8 Å². The molecule has 6 rings (SSSR count). The highest BCUT2D eigenvalue weighted by molar-refractivity contribution is 5.90. The van der Waals surface area contributed by atoms with Crippen LogP contribution in [0.25, 0.3) is 22.3 Å². The number of piperazine rings is 1. The molecule has 0 bridgehead atoms. The molecule has 2 saturated heterocycles. The minimum Gasteiger partial charge on any atom is -0.462 e. The first kappa shape index (κ1) is 28.0. The lowest BCUT2D eigenvalue weighted by Crippen LogP contribution is -2.55. The number of carbonyl (C=O) groups is 1. The first-order valence-corrected chi connectivity index (χ1v) is 14.6. The highest BCUT2D eigenvalue weighted by Crippen LogP contribution is 2.33. The first-order valence-electron chi connectivity index (χ1n) is 14.6. The van der Waals surface area contributed by atoms with Crippen molar-refractivity contribution >= 4 is 22.8 Å². The predicted octanol–water partition coefficient (Wildman–Crippen LogP) is 3.50. The molecule has 0 spiro atoms. The van der Waals surface area contributed by atoms with Crippen molar-refractivity contribution in [1.29, 1.82) is 5.26 Å². The fraction of sp³-hybridized carbons (Fsp3) is 0.484. The molecular weight excluding hydrogens is 535 g/mol. The Hall–Kier alpha value is -4.17. The number of fused-ring (bicyclic) bond motifs is 2. The fourth-order valence-electron chi connectivity index (χ4n) is 6.42. The van der Waals surface area contributed by atoms with Crippen LogP contribution in [0.5, 0.6) is 6.01 Å². The van der Waals surface area contributed by atoms with Gasteiger partial charge in [-0.05, 0) is 68.5 Å². The van der Waals surface area contributed by atoms with E-state index in [1.807, 2.05) is 36.5 Å². The summed E-state index contributed by atoms with van der Waals surface area (Å²) in [6.45, 7) is 5.62. The van der Waals surface area contributed by atoms with Crippen molar-refractivity contribution in [2.75, 3.05) is 44.7 Å². The van der Waals surface area contributed by atoms with Gasteiger partial charge in [-0.3, -0.25) is 14.7 Å². The number of pyridine rings is 2. The van der Waals surface area contributed by atoms with Gasteiger partial charge in [-0.25, -0.2) is 9.37 Å². The minimum atomic E-state index is -0.877. The Kier molecular flexibility index (Phi) is 7.98. The van der Waals surface area contributed by atoms with E-state index in [2.05, 4.69) is 22.5 Å². The van der Waals surface area contributed by atoms with Crippen molar-refractivity contribution in [2.24, 2.45) is 0 Å². The van der Waals surface area contributed by atoms with Gasteiger partial charge in [0.2, 0.25) is 5.91 Å². The zero-order valence-electron chi connectivity index (χ0n) is 23.9. The number of carbonyl (C=O) groups excluding carboxylic acids is 1. The summed E-state index contributed by atoms with van der Waals surface area (Å²) in [6.07, 6.45) is 9.16. The van der Waals surface area contributed by atoms with E-state index in [1.54, 1.807) is 4.90 Å². The third-order valence-corrected chi connectivity index (χ3v) is 8.67. The number of likely N-dealkylation sites (N-methyl/N-ethyl adjacent to an activating group) is 1. The zero-order valence-corrected chi connectivity index (χ0v) is 23.9. The molecular formula is C31H35FN8O2. The molecule has 11 heteroatoms. The van der Waals surface area contributed by atoms with Gasteiger partial charge in [-0.15, -0.1) is 0 Å².